The van der Waals surface area contributed by atoms with E-state index in [0.29, 0.717) is 16.7 Å². The number of methoxy groups -OCH3 is 1. The molecule has 3 aromatic carbocycles. The molecule has 1 unspecified atom stereocenters. The number of ether oxygens (including phenoxy) is 1. The van der Waals surface area contributed by atoms with Crippen molar-refractivity contribution >= 4 is 41.2 Å². The number of amides is 1. The van der Waals surface area contributed by atoms with Crippen molar-refractivity contribution in [1.29, 1.82) is 0 Å². The fraction of sp³-hybridized carbons (Fsp3) is 0.0741. The third-order valence-corrected chi connectivity index (χ3v) is 5.80. The monoisotopic (exact) mass is 483 g/mol. The van der Waals surface area contributed by atoms with Crippen LogP contribution in [-0.2, 0) is 4.79 Å². The summed E-state index contributed by atoms with van der Waals surface area (Å²) in [5.41, 5.74) is 3.68. The number of hydrogen-bond donors (Lipinski definition) is 2. The molecule has 7 nitrogen and oxygen atoms in total. The Hall–Kier alpha value is -4.36. The molecule has 8 heteroatoms. The second-order valence-electron chi connectivity index (χ2n) is 7.84. The Morgan fingerprint density at radius 1 is 1.06 bits per heavy atom. The van der Waals surface area contributed by atoms with Crippen LogP contribution in [0.4, 0.5) is 11.9 Å². The SMILES string of the molecule is COc1ccccc1C=CC(=O)Nc1nc2n(n1)C(c1ccccc1)C=C(c1ccc(Cl)cc1)N2. The zero-order chi connectivity index (χ0) is 24.2. The van der Waals surface area contributed by atoms with Crippen LogP contribution in [0.1, 0.15) is 22.7 Å². The average Bonchev–Trinajstić information content (AvgIpc) is 3.30. The van der Waals surface area contributed by atoms with E-state index < -0.39 is 0 Å². The van der Waals surface area contributed by atoms with E-state index in [1.54, 1.807) is 17.9 Å². The minimum atomic E-state index is -0.346. The maximum Gasteiger partial charge on any atom is 0.250 e. The van der Waals surface area contributed by atoms with E-state index in [0.717, 1.165) is 22.4 Å². The summed E-state index contributed by atoms with van der Waals surface area (Å²) in [5.74, 6) is 1.06. The fourth-order valence-corrected chi connectivity index (χ4v) is 3.98. The lowest BCUT2D eigenvalue weighted by molar-refractivity contribution is -0.111. The molecule has 1 aromatic heterocycles. The molecule has 0 aliphatic carbocycles. The molecule has 1 aliphatic heterocycles. The van der Waals surface area contributed by atoms with Gasteiger partial charge in [0.25, 0.3) is 11.9 Å². The van der Waals surface area contributed by atoms with Gasteiger partial charge >= 0.3 is 0 Å². The number of anilines is 2. The van der Waals surface area contributed by atoms with Crippen molar-refractivity contribution in [2.75, 3.05) is 17.7 Å². The van der Waals surface area contributed by atoms with Crippen LogP contribution in [0.5, 0.6) is 5.75 Å². The van der Waals surface area contributed by atoms with Crippen LogP contribution in [0.15, 0.2) is 91.0 Å². The first-order valence-corrected chi connectivity index (χ1v) is 11.4. The van der Waals surface area contributed by atoms with Gasteiger partial charge in [-0.2, -0.15) is 4.98 Å². The van der Waals surface area contributed by atoms with Gasteiger partial charge in [-0.3, -0.25) is 10.1 Å². The van der Waals surface area contributed by atoms with Crippen LogP contribution in [0.2, 0.25) is 5.02 Å². The summed E-state index contributed by atoms with van der Waals surface area (Å²) < 4.78 is 7.08. The molecule has 0 fully saturated rings. The highest BCUT2D eigenvalue weighted by Gasteiger charge is 2.25. The standard InChI is InChI=1S/C27H22ClN5O2/c1-35-24-10-6-5-9-20(24)13-16-25(34)30-26-31-27-29-22(18-11-14-21(28)15-12-18)17-23(33(27)32-26)19-7-3-2-4-8-19/h2-17,23H,1H3,(H2,29,30,31,32,34). The number of fused-ring (bicyclic) bond motifs is 1. The number of para-hydroxylation sites is 1. The number of nitrogens with one attached hydrogen (secondary N) is 2. The van der Waals surface area contributed by atoms with Crippen molar-refractivity contribution in [3.8, 4) is 5.75 Å². The van der Waals surface area contributed by atoms with Crippen molar-refractivity contribution in [3.63, 3.8) is 0 Å². The summed E-state index contributed by atoms with van der Waals surface area (Å²) in [4.78, 5) is 17.1. The quantitative estimate of drug-likeness (QED) is 0.346. The summed E-state index contributed by atoms with van der Waals surface area (Å²) in [5, 5.41) is 11.3. The molecule has 5 rings (SSSR count). The third kappa shape index (κ3) is 4.95. The molecule has 0 bridgehead atoms. The molecule has 2 N–H and O–H groups in total. The molecule has 1 aliphatic rings. The Bertz CT molecular complexity index is 1410. The highest BCUT2D eigenvalue weighted by atomic mass is 35.5. The molecule has 1 atom stereocenters. The summed E-state index contributed by atoms with van der Waals surface area (Å²) in [6.07, 6.45) is 5.19. The summed E-state index contributed by atoms with van der Waals surface area (Å²) in [6, 6.07) is 24.8. The maximum absolute atomic E-state index is 12.6. The van der Waals surface area contributed by atoms with E-state index in [1.165, 1.54) is 6.08 Å². The highest BCUT2D eigenvalue weighted by molar-refractivity contribution is 6.30. The van der Waals surface area contributed by atoms with E-state index in [1.807, 2.05) is 78.9 Å². The van der Waals surface area contributed by atoms with Crippen molar-refractivity contribution in [2.45, 2.75) is 6.04 Å². The molecule has 0 saturated heterocycles. The first kappa shape index (κ1) is 22.4. The Labute approximate surface area is 207 Å². The van der Waals surface area contributed by atoms with Crippen LogP contribution in [0.3, 0.4) is 0 Å². The van der Waals surface area contributed by atoms with Gasteiger partial charge in [-0.05, 0) is 41.5 Å². The molecule has 174 valence electrons. The Balaban J connectivity index is 1.42. The number of aromatic nitrogens is 3. The van der Waals surface area contributed by atoms with Gasteiger partial charge < -0.3 is 10.1 Å². The van der Waals surface area contributed by atoms with E-state index in [2.05, 4.69) is 26.8 Å². The summed E-state index contributed by atoms with van der Waals surface area (Å²) in [6.45, 7) is 0. The van der Waals surface area contributed by atoms with Gasteiger partial charge in [-0.25, -0.2) is 4.68 Å². The lowest BCUT2D eigenvalue weighted by atomic mass is 10.0. The Morgan fingerprint density at radius 3 is 2.57 bits per heavy atom. The van der Waals surface area contributed by atoms with E-state index >= 15 is 0 Å². The van der Waals surface area contributed by atoms with Gasteiger partial charge in [0.05, 0.1) is 7.11 Å². The number of hydrogen-bond acceptors (Lipinski definition) is 5. The number of halogens is 1. The van der Waals surface area contributed by atoms with Gasteiger partial charge in [0.15, 0.2) is 0 Å². The van der Waals surface area contributed by atoms with Gasteiger partial charge in [-0.1, -0.05) is 72.3 Å². The smallest absolute Gasteiger partial charge is 0.250 e. The van der Waals surface area contributed by atoms with Crippen molar-refractivity contribution < 1.29 is 9.53 Å². The highest BCUT2D eigenvalue weighted by Crippen LogP contribution is 2.33. The Morgan fingerprint density at radius 2 is 1.80 bits per heavy atom. The molecule has 0 saturated carbocycles. The minimum absolute atomic E-state index is 0.203. The molecule has 0 radical (unpaired) electrons. The van der Waals surface area contributed by atoms with Crippen LogP contribution in [0, 0.1) is 0 Å². The van der Waals surface area contributed by atoms with E-state index in [9.17, 15) is 4.79 Å². The fourth-order valence-electron chi connectivity index (χ4n) is 3.85. The second kappa shape index (κ2) is 9.87. The number of carbonyl (C=O) groups is 1. The number of nitrogens with zero attached hydrogens (tertiary/aromatic N) is 3. The number of carbonyl (C=O) groups excluding carboxylic acids is 1. The molecule has 4 aromatic rings. The van der Waals surface area contributed by atoms with Crippen molar-refractivity contribution in [1.82, 2.24) is 14.8 Å². The largest absolute Gasteiger partial charge is 0.496 e. The van der Waals surface area contributed by atoms with Crippen LogP contribution in [-0.4, -0.2) is 27.8 Å². The summed E-state index contributed by atoms with van der Waals surface area (Å²) >= 11 is 6.07. The van der Waals surface area contributed by atoms with Gasteiger partial charge in [-0.15, -0.1) is 5.10 Å². The lowest BCUT2D eigenvalue weighted by Crippen LogP contribution is -2.20. The Kier molecular flexibility index (Phi) is 6.32. The number of rotatable bonds is 6. The predicted molar refractivity (Wildman–Crippen MR) is 138 cm³/mol. The van der Waals surface area contributed by atoms with Crippen LogP contribution in [0.25, 0.3) is 11.8 Å². The first-order chi connectivity index (χ1) is 17.1. The zero-order valence-electron chi connectivity index (χ0n) is 18.9. The molecule has 0 spiro atoms. The minimum Gasteiger partial charge on any atom is -0.496 e. The zero-order valence-corrected chi connectivity index (χ0v) is 19.6. The third-order valence-electron chi connectivity index (χ3n) is 5.55. The predicted octanol–water partition coefficient (Wildman–Crippen LogP) is 5.65. The molecule has 35 heavy (non-hydrogen) atoms. The van der Waals surface area contributed by atoms with E-state index in [4.69, 9.17) is 16.3 Å². The van der Waals surface area contributed by atoms with Crippen LogP contribution < -0.4 is 15.4 Å². The van der Waals surface area contributed by atoms with Crippen molar-refractivity contribution in [3.05, 3.63) is 113 Å². The van der Waals surface area contributed by atoms with Crippen LogP contribution >= 0.6 is 11.6 Å². The average molecular weight is 484 g/mol. The molecular weight excluding hydrogens is 462 g/mol. The number of allylic oxidation sites excluding steroid dienone is 1. The number of benzene rings is 3. The van der Waals surface area contributed by atoms with Gasteiger partial charge in [0.1, 0.15) is 11.8 Å². The van der Waals surface area contributed by atoms with Gasteiger partial charge in [0.2, 0.25) is 5.95 Å². The second-order valence-corrected chi connectivity index (χ2v) is 8.27. The molecule has 2 heterocycles. The molecule has 1 amide bonds. The first-order valence-electron chi connectivity index (χ1n) is 11.0. The van der Waals surface area contributed by atoms with E-state index in [-0.39, 0.29) is 17.9 Å². The summed E-state index contributed by atoms with van der Waals surface area (Å²) in [7, 11) is 1.59. The maximum atomic E-state index is 12.6. The normalized spacial score (nSPS) is 14.7. The molecular formula is C27H22ClN5O2. The van der Waals surface area contributed by atoms with Crippen molar-refractivity contribution in [2.24, 2.45) is 0 Å². The van der Waals surface area contributed by atoms with Gasteiger partial charge in [0, 0.05) is 22.4 Å². The lowest BCUT2D eigenvalue weighted by Gasteiger charge is -2.24. The topological polar surface area (TPSA) is 81.1 Å².